The molecule has 3 atom stereocenters. The Morgan fingerprint density at radius 1 is 1.53 bits per heavy atom. The van der Waals surface area contributed by atoms with Gasteiger partial charge in [-0.25, -0.2) is 4.79 Å². The molecule has 1 rings (SSSR count). The third kappa shape index (κ3) is 4.58. The molecule has 0 saturated carbocycles. The number of halogens is 3. The fourth-order valence-electron chi connectivity index (χ4n) is 2.02. The molecule has 2 amide bonds. The molecule has 1 aliphatic rings. The van der Waals surface area contributed by atoms with Crippen molar-refractivity contribution in [1.82, 2.24) is 10.6 Å². The zero-order valence-corrected chi connectivity index (χ0v) is 9.91. The van der Waals surface area contributed by atoms with Crippen LogP contribution in [0, 0.1) is 5.92 Å². The zero-order chi connectivity index (χ0) is 14.6. The minimum Gasteiger partial charge on any atom is -0.465 e. The van der Waals surface area contributed by atoms with Crippen molar-refractivity contribution in [3.63, 3.8) is 0 Å². The van der Waals surface area contributed by atoms with Gasteiger partial charge in [0.05, 0.1) is 6.04 Å². The number of amides is 2. The van der Waals surface area contributed by atoms with Gasteiger partial charge in [0.2, 0.25) is 5.91 Å². The Balaban J connectivity index is 2.73. The van der Waals surface area contributed by atoms with Crippen LogP contribution < -0.4 is 10.6 Å². The molecule has 1 saturated heterocycles. The molecule has 1 heterocycles. The molecule has 0 bridgehead atoms. The van der Waals surface area contributed by atoms with E-state index in [4.69, 9.17) is 10.2 Å². The summed E-state index contributed by atoms with van der Waals surface area (Å²) in [6, 6.07) is -1.76. The third-order valence-corrected chi connectivity index (χ3v) is 2.96. The molecule has 110 valence electrons. The zero-order valence-electron chi connectivity index (χ0n) is 9.91. The first-order chi connectivity index (χ1) is 8.71. The number of nitrogens with one attached hydrogen (secondary N) is 2. The van der Waals surface area contributed by atoms with Crippen LogP contribution in [-0.4, -0.2) is 47.1 Å². The summed E-state index contributed by atoms with van der Waals surface area (Å²) in [5.41, 5.74) is 0. The van der Waals surface area contributed by atoms with E-state index in [0.29, 0.717) is 19.4 Å². The maximum Gasteiger partial charge on any atom is 0.416 e. The monoisotopic (exact) mass is 284 g/mol. The number of carboxylic acid groups (broad SMARTS) is 1. The molecular formula is C10H15F3N2O4. The van der Waals surface area contributed by atoms with Crippen LogP contribution in [0.4, 0.5) is 18.0 Å². The van der Waals surface area contributed by atoms with Crippen molar-refractivity contribution in [1.29, 1.82) is 0 Å². The highest BCUT2D eigenvalue weighted by molar-refractivity contribution is 5.79. The normalized spacial score (nSPS) is 23.4. The number of piperidine rings is 1. The lowest BCUT2D eigenvalue weighted by Crippen LogP contribution is -2.52. The highest BCUT2D eigenvalue weighted by Crippen LogP contribution is 2.27. The Morgan fingerprint density at radius 3 is 2.63 bits per heavy atom. The number of aliphatic hydroxyl groups is 1. The van der Waals surface area contributed by atoms with E-state index in [-0.39, 0.29) is 0 Å². The second-order valence-corrected chi connectivity index (χ2v) is 4.41. The van der Waals surface area contributed by atoms with E-state index in [9.17, 15) is 22.8 Å². The fourth-order valence-corrected chi connectivity index (χ4v) is 2.02. The van der Waals surface area contributed by atoms with Gasteiger partial charge in [-0.05, 0) is 19.3 Å². The first-order valence-corrected chi connectivity index (χ1v) is 5.73. The van der Waals surface area contributed by atoms with Gasteiger partial charge < -0.3 is 20.8 Å². The quantitative estimate of drug-likeness (QED) is 0.603. The second kappa shape index (κ2) is 6.09. The lowest BCUT2D eigenvalue weighted by atomic mass is 9.89. The highest BCUT2D eigenvalue weighted by atomic mass is 19.4. The Morgan fingerprint density at radius 2 is 2.16 bits per heavy atom. The Hall–Kier alpha value is -1.51. The first kappa shape index (κ1) is 15.5. The summed E-state index contributed by atoms with van der Waals surface area (Å²) in [6.45, 7) is 0.453. The van der Waals surface area contributed by atoms with E-state index in [2.05, 4.69) is 5.32 Å². The summed E-state index contributed by atoms with van der Waals surface area (Å²) in [5, 5.41) is 21.7. The third-order valence-electron chi connectivity index (χ3n) is 2.96. The van der Waals surface area contributed by atoms with E-state index in [1.54, 1.807) is 5.32 Å². The SMILES string of the molecule is O=C(O)NC(C[C@@H]1CCCNC1=O)C(O)C(F)(F)F. The van der Waals surface area contributed by atoms with Gasteiger partial charge in [0.15, 0.2) is 6.10 Å². The van der Waals surface area contributed by atoms with Gasteiger partial charge in [-0.1, -0.05) is 0 Å². The van der Waals surface area contributed by atoms with E-state index >= 15 is 0 Å². The summed E-state index contributed by atoms with van der Waals surface area (Å²) in [4.78, 5) is 21.9. The number of aliphatic hydroxyl groups excluding tert-OH is 1. The largest absolute Gasteiger partial charge is 0.465 e. The summed E-state index contributed by atoms with van der Waals surface area (Å²) >= 11 is 0. The number of carbonyl (C=O) groups is 2. The van der Waals surface area contributed by atoms with Crippen LogP contribution in [-0.2, 0) is 4.79 Å². The van der Waals surface area contributed by atoms with Gasteiger partial charge in [-0.15, -0.1) is 0 Å². The Kier molecular flexibility index (Phi) is 4.98. The summed E-state index contributed by atoms with van der Waals surface area (Å²) < 4.78 is 37.3. The van der Waals surface area contributed by atoms with Crippen molar-refractivity contribution in [2.45, 2.75) is 37.6 Å². The van der Waals surface area contributed by atoms with E-state index in [1.807, 2.05) is 0 Å². The predicted molar refractivity (Wildman–Crippen MR) is 57.4 cm³/mol. The molecule has 0 spiro atoms. The van der Waals surface area contributed by atoms with Crippen molar-refractivity contribution in [2.75, 3.05) is 6.54 Å². The van der Waals surface area contributed by atoms with Gasteiger partial charge in [0.1, 0.15) is 0 Å². The van der Waals surface area contributed by atoms with Gasteiger partial charge in [-0.2, -0.15) is 13.2 Å². The van der Waals surface area contributed by atoms with Crippen molar-refractivity contribution in [3.05, 3.63) is 0 Å². The summed E-state index contributed by atoms with van der Waals surface area (Å²) in [6.07, 6.45) is -8.87. The average Bonchev–Trinajstić information content (AvgIpc) is 2.28. The number of hydrogen-bond acceptors (Lipinski definition) is 3. The van der Waals surface area contributed by atoms with Gasteiger partial charge >= 0.3 is 12.3 Å². The maximum absolute atomic E-state index is 12.4. The van der Waals surface area contributed by atoms with Crippen molar-refractivity contribution < 1.29 is 33.0 Å². The van der Waals surface area contributed by atoms with E-state index in [0.717, 1.165) is 0 Å². The standard InChI is InChI=1S/C10H15F3N2O4/c11-10(12,13)7(16)6(15-9(18)19)4-5-2-1-3-14-8(5)17/h5-7,15-16H,1-4H2,(H,14,17)(H,18,19)/t5-,6?,7?/m0/s1. The minimum atomic E-state index is -4.95. The summed E-state index contributed by atoms with van der Waals surface area (Å²) in [5.74, 6) is -1.15. The lowest BCUT2D eigenvalue weighted by molar-refractivity contribution is -0.212. The molecule has 0 aromatic rings. The average molecular weight is 284 g/mol. The number of carbonyl (C=O) groups excluding carboxylic acids is 1. The summed E-state index contributed by atoms with van der Waals surface area (Å²) in [7, 11) is 0. The molecule has 6 nitrogen and oxygen atoms in total. The van der Waals surface area contributed by atoms with Gasteiger partial charge in [0, 0.05) is 12.5 Å². The van der Waals surface area contributed by atoms with Crippen LogP contribution in [0.2, 0.25) is 0 Å². The fraction of sp³-hybridized carbons (Fsp3) is 0.800. The van der Waals surface area contributed by atoms with Gasteiger partial charge in [0.25, 0.3) is 0 Å². The molecule has 19 heavy (non-hydrogen) atoms. The molecule has 0 aromatic heterocycles. The molecule has 1 aliphatic heterocycles. The van der Waals surface area contributed by atoms with Crippen molar-refractivity contribution in [2.24, 2.45) is 5.92 Å². The van der Waals surface area contributed by atoms with Gasteiger partial charge in [-0.3, -0.25) is 4.79 Å². The molecule has 1 fully saturated rings. The molecule has 2 unspecified atom stereocenters. The molecule has 0 radical (unpaired) electrons. The molecule has 0 aromatic carbocycles. The molecule has 0 aliphatic carbocycles. The van der Waals surface area contributed by atoms with Crippen LogP contribution in [0.5, 0.6) is 0 Å². The lowest BCUT2D eigenvalue weighted by Gasteiger charge is -2.29. The Labute approximate surface area is 107 Å². The van der Waals surface area contributed by atoms with Crippen LogP contribution in [0.1, 0.15) is 19.3 Å². The number of hydrogen-bond donors (Lipinski definition) is 4. The van der Waals surface area contributed by atoms with Crippen LogP contribution >= 0.6 is 0 Å². The predicted octanol–water partition coefficient (Wildman–Crippen LogP) is 0.462. The van der Waals surface area contributed by atoms with E-state index < -0.39 is 42.7 Å². The highest BCUT2D eigenvalue weighted by Gasteiger charge is 2.45. The van der Waals surface area contributed by atoms with Crippen molar-refractivity contribution in [3.8, 4) is 0 Å². The number of rotatable bonds is 4. The van der Waals surface area contributed by atoms with Crippen LogP contribution in [0.25, 0.3) is 0 Å². The smallest absolute Gasteiger partial charge is 0.416 e. The maximum atomic E-state index is 12.4. The second-order valence-electron chi connectivity index (χ2n) is 4.41. The molecule has 4 N–H and O–H groups in total. The van der Waals surface area contributed by atoms with Crippen LogP contribution in [0.3, 0.4) is 0 Å². The number of alkyl halides is 3. The van der Waals surface area contributed by atoms with E-state index in [1.165, 1.54) is 0 Å². The topological polar surface area (TPSA) is 98.7 Å². The first-order valence-electron chi connectivity index (χ1n) is 5.73. The minimum absolute atomic E-state index is 0.369. The van der Waals surface area contributed by atoms with Crippen LogP contribution in [0.15, 0.2) is 0 Å². The molecule has 9 heteroatoms. The Bertz CT molecular complexity index is 348. The molecular weight excluding hydrogens is 269 g/mol. The van der Waals surface area contributed by atoms with Crippen molar-refractivity contribution >= 4 is 12.0 Å².